The monoisotopic (exact) mass is 460 g/mol. The van der Waals surface area contributed by atoms with Crippen LogP contribution in [0.3, 0.4) is 0 Å². The van der Waals surface area contributed by atoms with Crippen molar-refractivity contribution in [1.29, 1.82) is 0 Å². The summed E-state index contributed by atoms with van der Waals surface area (Å²) in [7, 11) is 0. The topological polar surface area (TPSA) is 58.6 Å². The Morgan fingerprint density at radius 2 is 1.97 bits per heavy atom. The maximum absolute atomic E-state index is 12.5. The Morgan fingerprint density at radius 1 is 1.27 bits per heavy atom. The number of nitrogens with one attached hydrogen (secondary N) is 1. The summed E-state index contributed by atoms with van der Waals surface area (Å²) in [4.78, 5) is 26.8. The van der Waals surface area contributed by atoms with E-state index in [4.69, 9.17) is 28.6 Å². The molecule has 1 heterocycles. The first-order chi connectivity index (χ1) is 14.3. The highest BCUT2D eigenvalue weighted by molar-refractivity contribution is 8.26. The molecular weight excluding hydrogens is 440 g/mol. The van der Waals surface area contributed by atoms with E-state index in [1.54, 1.807) is 41.3 Å². The highest BCUT2D eigenvalue weighted by Crippen LogP contribution is 2.34. The highest BCUT2D eigenvalue weighted by atomic mass is 35.5. The molecule has 0 atom stereocenters. The number of carbonyl (C=O) groups is 2. The van der Waals surface area contributed by atoms with Gasteiger partial charge in [0.1, 0.15) is 10.1 Å². The Bertz CT molecular complexity index is 1020. The second kappa shape index (κ2) is 9.64. The van der Waals surface area contributed by atoms with Gasteiger partial charge in [0.05, 0.1) is 4.91 Å². The molecule has 5 nitrogen and oxygen atoms in total. The Balaban J connectivity index is 1.59. The summed E-state index contributed by atoms with van der Waals surface area (Å²) >= 11 is 12.7. The molecule has 156 valence electrons. The van der Waals surface area contributed by atoms with Crippen LogP contribution < -0.4 is 10.1 Å². The number of thioether (sulfide) groups is 1. The van der Waals surface area contributed by atoms with E-state index in [1.165, 1.54) is 11.8 Å². The molecule has 2 aromatic carbocycles. The van der Waals surface area contributed by atoms with Crippen LogP contribution in [0.2, 0.25) is 5.02 Å². The number of anilines is 1. The van der Waals surface area contributed by atoms with Gasteiger partial charge in [-0.3, -0.25) is 14.5 Å². The Labute approximate surface area is 190 Å². The van der Waals surface area contributed by atoms with Crippen molar-refractivity contribution in [3.8, 4) is 5.75 Å². The summed E-state index contributed by atoms with van der Waals surface area (Å²) in [6.45, 7) is 5.58. The fourth-order valence-corrected chi connectivity index (χ4v) is 4.51. The minimum absolute atomic E-state index is 0.0287. The van der Waals surface area contributed by atoms with Crippen LogP contribution in [-0.4, -0.2) is 33.7 Å². The van der Waals surface area contributed by atoms with Crippen molar-refractivity contribution in [3.63, 3.8) is 0 Å². The standard InChI is InChI=1S/C22H21ClN2O3S2/c1-13(2)25-21(27)19(30-22(25)29)11-15-7-9-16(10-8-15)28-12-20(26)24-18-6-4-5-17(23)14(18)3/h4-11,13H,12H2,1-3H3,(H,24,26)/b19-11-. The molecule has 1 N–H and O–H groups in total. The van der Waals surface area contributed by atoms with Crippen molar-refractivity contribution in [1.82, 2.24) is 4.90 Å². The van der Waals surface area contributed by atoms with Crippen LogP contribution in [0.1, 0.15) is 25.0 Å². The second-order valence-electron chi connectivity index (χ2n) is 6.96. The van der Waals surface area contributed by atoms with Crippen LogP contribution >= 0.6 is 35.6 Å². The first-order valence-electron chi connectivity index (χ1n) is 9.31. The number of amides is 2. The van der Waals surface area contributed by atoms with E-state index in [2.05, 4.69) is 5.32 Å². The fraction of sp³-hybridized carbons (Fsp3) is 0.227. The van der Waals surface area contributed by atoms with Crippen LogP contribution in [0.5, 0.6) is 5.75 Å². The van der Waals surface area contributed by atoms with Gasteiger partial charge in [0.25, 0.3) is 11.8 Å². The lowest BCUT2D eigenvalue weighted by Gasteiger charge is -2.18. The lowest BCUT2D eigenvalue weighted by molar-refractivity contribution is -0.123. The van der Waals surface area contributed by atoms with Crippen LogP contribution in [-0.2, 0) is 9.59 Å². The van der Waals surface area contributed by atoms with Crippen LogP contribution in [0.4, 0.5) is 5.69 Å². The molecule has 0 radical (unpaired) electrons. The fourth-order valence-electron chi connectivity index (χ4n) is 2.81. The number of hydrogen-bond donors (Lipinski definition) is 1. The van der Waals surface area contributed by atoms with Crippen molar-refractivity contribution in [2.45, 2.75) is 26.8 Å². The van der Waals surface area contributed by atoms with E-state index in [-0.39, 0.29) is 24.5 Å². The van der Waals surface area contributed by atoms with Crippen molar-refractivity contribution in [2.75, 3.05) is 11.9 Å². The molecule has 0 saturated carbocycles. The smallest absolute Gasteiger partial charge is 0.266 e. The molecule has 30 heavy (non-hydrogen) atoms. The molecule has 1 fully saturated rings. The molecule has 0 unspecified atom stereocenters. The third-order valence-corrected chi connectivity index (χ3v) is 6.17. The third-order valence-electron chi connectivity index (χ3n) is 4.43. The van der Waals surface area contributed by atoms with Crippen LogP contribution in [0.15, 0.2) is 47.4 Å². The summed E-state index contributed by atoms with van der Waals surface area (Å²) < 4.78 is 6.13. The Morgan fingerprint density at radius 3 is 2.60 bits per heavy atom. The van der Waals surface area contributed by atoms with Gasteiger partial charge in [-0.1, -0.05) is 53.8 Å². The van der Waals surface area contributed by atoms with Crippen molar-refractivity contribution >= 4 is 63.5 Å². The molecular formula is C22H21ClN2O3S2. The van der Waals surface area contributed by atoms with E-state index in [1.807, 2.05) is 32.9 Å². The highest BCUT2D eigenvalue weighted by Gasteiger charge is 2.33. The molecule has 0 aliphatic carbocycles. The molecule has 0 spiro atoms. The second-order valence-corrected chi connectivity index (χ2v) is 9.05. The zero-order valence-corrected chi connectivity index (χ0v) is 19.2. The number of thiocarbonyl (C=S) groups is 1. The molecule has 1 aliphatic rings. The molecule has 1 saturated heterocycles. The summed E-state index contributed by atoms with van der Waals surface area (Å²) in [6.07, 6.45) is 1.81. The van der Waals surface area contributed by atoms with E-state index in [0.29, 0.717) is 25.7 Å². The quantitative estimate of drug-likeness (QED) is 0.469. The first kappa shape index (κ1) is 22.3. The summed E-state index contributed by atoms with van der Waals surface area (Å²) in [5.74, 6) is 0.204. The molecule has 8 heteroatoms. The van der Waals surface area contributed by atoms with Crippen LogP contribution in [0, 0.1) is 6.92 Å². The first-order valence-corrected chi connectivity index (χ1v) is 10.9. The van der Waals surface area contributed by atoms with Gasteiger partial charge in [-0.25, -0.2) is 0 Å². The summed E-state index contributed by atoms with van der Waals surface area (Å²) in [6, 6.07) is 12.5. The van der Waals surface area contributed by atoms with E-state index in [0.717, 1.165) is 11.1 Å². The van der Waals surface area contributed by atoms with E-state index in [9.17, 15) is 9.59 Å². The van der Waals surface area contributed by atoms with Gasteiger partial charge >= 0.3 is 0 Å². The average molecular weight is 461 g/mol. The molecule has 0 bridgehead atoms. The minimum Gasteiger partial charge on any atom is -0.484 e. The molecule has 0 aromatic heterocycles. The van der Waals surface area contributed by atoms with Gasteiger partial charge in [0.2, 0.25) is 0 Å². The van der Waals surface area contributed by atoms with Crippen molar-refractivity contribution in [2.24, 2.45) is 0 Å². The number of hydrogen-bond acceptors (Lipinski definition) is 5. The third kappa shape index (κ3) is 5.22. The van der Waals surface area contributed by atoms with Gasteiger partial charge in [-0.2, -0.15) is 0 Å². The molecule has 3 rings (SSSR count). The predicted octanol–water partition coefficient (Wildman–Crippen LogP) is 5.28. The molecule has 2 amide bonds. The van der Waals surface area contributed by atoms with Gasteiger partial charge < -0.3 is 10.1 Å². The summed E-state index contributed by atoms with van der Waals surface area (Å²) in [5.41, 5.74) is 2.32. The number of ether oxygens (including phenoxy) is 1. The zero-order chi connectivity index (χ0) is 21.8. The van der Waals surface area contributed by atoms with Crippen molar-refractivity contribution < 1.29 is 14.3 Å². The maximum atomic E-state index is 12.5. The summed E-state index contributed by atoms with van der Waals surface area (Å²) in [5, 5.41) is 3.38. The zero-order valence-electron chi connectivity index (χ0n) is 16.8. The molecule has 2 aromatic rings. The number of benzene rings is 2. The van der Waals surface area contributed by atoms with Crippen LogP contribution in [0.25, 0.3) is 6.08 Å². The minimum atomic E-state index is -0.276. The van der Waals surface area contributed by atoms with Gasteiger partial charge in [-0.15, -0.1) is 0 Å². The number of halogens is 1. The van der Waals surface area contributed by atoms with Gasteiger partial charge in [0, 0.05) is 16.8 Å². The lowest BCUT2D eigenvalue weighted by atomic mass is 10.2. The average Bonchev–Trinajstić information content (AvgIpc) is 2.98. The van der Waals surface area contributed by atoms with E-state index < -0.39 is 0 Å². The van der Waals surface area contributed by atoms with Crippen molar-refractivity contribution in [3.05, 3.63) is 63.5 Å². The largest absolute Gasteiger partial charge is 0.484 e. The van der Waals surface area contributed by atoms with E-state index >= 15 is 0 Å². The SMILES string of the molecule is Cc1c(Cl)cccc1NC(=O)COc1ccc(/C=C2\SC(=S)N(C(C)C)C2=O)cc1. The normalized spacial score (nSPS) is 15.2. The maximum Gasteiger partial charge on any atom is 0.266 e. The number of rotatable bonds is 6. The van der Waals surface area contributed by atoms with Gasteiger partial charge in [0.15, 0.2) is 6.61 Å². The molecule has 1 aliphatic heterocycles. The predicted molar refractivity (Wildman–Crippen MR) is 127 cm³/mol. The Kier molecular flexibility index (Phi) is 7.18. The lowest BCUT2D eigenvalue weighted by Crippen LogP contribution is -2.34. The Hall–Kier alpha value is -2.35. The number of carbonyl (C=O) groups excluding carboxylic acids is 2. The van der Waals surface area contributed by atoms with Gasteiger partial charge in [-0.05, 0) is 62.2 Å². The number of nitrogens with zero attached hydrogens (tertiary/aromatic N) is 1.